The summed E-state index contributed by atoms with van der Waals surface area (Å²) in [6, 6.07) is 14.3. The quantitative estimate of drug-likeness (QED) is 0.0635. The summed E-state index contributed by atoms with van der Waals surface area (Å²) in [4.78, 5) is 10.9. The molecule has 0 heterocycles. The number of benzene rings is 2. The molecule has 0 atom stereocenters. The summed E-state index contributed by atoms with van der Waals surface area (Å²) in [5.41, 5.74) is 10.5. The fraction of sp³-hybridized carbons (Fsp3) is 0.650. The summed E-state index contributed by atoms with van der Waals surface area (Å²) in [5.74, 6) is 0. The Morgan fingerprint density at radius 2 is 0.721 bits per heavy atom. The minimum absolute atomic E-state index is 0. The van der Waals surface area contributed by atoms with Crippen LogP contribution in [-0.4, -0.2) is 11.4 Å². The van der Waals surface area contributed by atoms with Crippen molar-refractivity contribution >= 4 is 22.8 Å². The molecule has 0 spiro atoms. The van der Waals surface area contributed by atoms with Gasteiger partial charge in [0, 0.05) is 20.4 Å². The zero-order valence-electron chi connectivity index (χ0n) is 28.8. The van der Waals surface area contributed by atoms with Crippen molar-refractivity contribution in [2.24, 2.45) is 9.98 Å². The maximum absolute atomic E-state index is 5.47. The number of unbranched alkanes of at least 4 members (excludes halogenated alkanes) is 8. The van der Waals surface area contributed by atoms with Gasteiger partial charge in [0.25, 0.3) is 0 Å². The molecule has 0 aromatic heterocycles. The maximum atomic E-state index is 5.47. The normalized spacial score (nSPS) is 12.0. The Kier molecular flexibility index (Phi) is 22.7. The average Bonchev–Trinajstić information content (AvgIpc) is 3.00. The van der Waals surface area contributed by atoms with Gasteiger partial charge in [-0.15, -0.1) is 0 Å². The molecule has 0 bridgehead atoms. The predicted molar refractivity (Wildman–Crippen MR) is 190 cm³/mol. The molecule has 0 saturated carbocycles. The Bertz CT molecular complexity index is 1020. The number of rotatable bonds is 23. The molecule has 0 aliphatic heterocycles. The summed E-state index contributed by atoms with van der Waals surface area (Å²) < 4.78 is 0. The van der Waals surface area contributed by atoms with Crippen molar-refractivity contribution < 1.29 is 20.4 Å². The van der Waals surface area contributed by atoms with Gasteiger partial charge in [-0.25, -0.2) is 0 Å². The van der Waals surface area contributed by atoms with Crippen LogP contribution in [-0.2, 0) is 46.1 Å². The van der Waals surface area contributed by atoms with E-state index in [1.807, 2.05) is 0 Å². The second-order valence-corrected chi connectivity index (χ2v) is 12.5. The second-order valence-electron chi connectivity index (χ2n) is 12.5. The van der Waals surface area contributed by atoms with Crippen LogP contribution in [0.5, 0.6) is 0 Å². The Morgan fingerprint density at radius 3 is 1.05 bits per heavy atom. The summed E-state index contributed by atoms with van der Waals surface area (Å²) >= 11 is 0. The third-order valence-electron chi connectivity index (χ3n) is 8.25. The van der Waals surface area contributed by atoms with Crippen molar-refractivity contribution in [2.75, 3.05) is 0 Å². The molecule has 0 saturated heterocycles. The summed E-state index contributed by atoms with van der Waals surface area (Å²) in [6.45, 7) is 13.7. The van der Waals surface area contributed by atoms with Crippen LogP contribution >= 0.6 is 0 Å². The van der Waals surface area contributed by atoms with Gasteiger partial charge >= 0.3 is 0 Å². The van der Waals surface area contributed by atoms with E-state index in [4.69, 9.17) is 9.98 Å². The standard InChI is InChI=1S/C40H64N2.Pd/c1-7-13-19-20-26-40(42-38-31-35(23-16-10-4)28-36(32-38)24-17-11-5)39(25-18-12-6)41-37-29-33(21-14-8-2)27-34(30-37)22-15-9-3;/h27-32H,7-26H2,1-6H3;. The molecule has 2 rings (SSSR count). The third kappa shape index (κ3) is 16.4. The first-order valence-corrected chi connectivity index (χ1v) is 18.0. The van der Waals surface area contributed by atoms with E-state index in [0.717, 1.165) is 56.3 Å². The van der Waals surface area contributed by atoms with E-state index < -0.39 is 0 Å². The molecule has 2 aromatic rings. The first-order valence-electron chi connectivity index (χ1n) is 18.0. The molecule has 0 amide bonds. The van der Waals surface area contributed by atoms with E-state index in [1.54, 1.807) is 0 Å². The largest absolute Gasteiger partial charge is 0.252 e. The van der Waals surface area contributed by atoms with E-state index in [0.29, 0.717) is 0 Å². The van der Waals surface area contributed by atoms with Crippen LogP contribution in [0.4, 0.5) is 11.4 Å². The van der Waals surface area contributed by atoms with Crippen LogP contribution in [0.15, 0.2) is 46.4 Å². The Balaban J connectivity index is 0.00000924. The third-order valence-corrected chi connectivity index (χ3v) is 8.25. The average molecular weight is 679 g/mol. The van der Waals surface area contributed by atoms with Crippen molar-refractivity contribution in [3.8, 4) is 0 Å². The van der Waals surface area contributed by atoms with Crippen LogP contribution in [0.25, 0.3) is 0 Å². The minimum atomic E-state index is 0. The van der Waals surface area contributed by atoms with Crippen molar-refractivity contribution in [2.45, 2.75) is 170 Å². The molecular weight excluding hydrogens is 615 g/mol. The minimum Gasteiger partial charge on any atom is -0.252 e. The monoisotopic (exact) mass is 678 g/mol. The molecule has 2 nitrogen and oxygen atoms in total. The number of aliphatic imine (C=N–C) groups is 2. The second kappa shape index (κ2) is 24.7. The Labute approximate surface area is 280 Å². The van der Waals surface area contributed by atoms with Crippen molar-refractivity contribution in [1.29, 1.82) is 0 Å². The molecule has 0 aliphatic rings. The molecule has 2 aromatic carbocycles. The van der Waals surface area contributed by atoms with Crippen LogP contribution in [0.1, 0.15) is 167 Å². The maximum Gasteiger partial charge on any atom is 0.0639 e. The van der Waals surface area contributed by atoms with Crippen LogP contribution < -0.4 is 0 Å². The zero-order valence-corrected chi connectivity index (χ0v) is 30.4. The van der Waals surface area contributed by atoms with Crippen LogP contribution in [0, 0.1) is 0 Å². The van der Waals surface area contributed by atoms with Crippen LogP contribution in [0.2, 0.25) is 0 Å². The fourth-order valence-corrected chi connectivity index (χ4v) is 5.62. The first kappa shape index (κ1) is 39.5. The zero-order chi connectivity index (χ0) is 30.4. The molecule has 244 valence electrons. The molecule has 0 unspecified atom stereocenters. The Hall–Kier alpha value is -1.56. The van der Waals surface area contributed by atoms with E-state index in [1.165, 1.54) is 117 Å². The number of hydrogen-bond acceptors (Lipinski definition) is 2. The topological polar surface area (TPSA) is 24.7 Å². The van der Waals surface area contributed by atoms with E-state index in [9.17, 15) is 0 Å². The van der Waals surface area contributed by atoms with Gasteiger partial charge in [-0.3, -0.25) is 9.98 Å². The molecule has 0 fully saturated rings. The van der Waals surface area contributed by atoms with E-state index in [2.05, 4.69) is 77.9 Å². The van der Waals surface area contributed by atoms with Crippen molar-refractivity contribution in [3.05, 3.63) is 58.7 Å². The Morgan fingerprint density at radius 1 is 0.395 bits per heavy atom. The smallest absolute Gasteiger partial charge is 0.0639 e. The summed E-state index contributed by atoms with van der Waals surface area (Å²) in [6.07, 6.45) is 23.8. The van der Waals surface area contributed by atoms with Gasteiger partial charge in [-0.2, -0.15) is 0 Å². The molecule has 0 radical (unpaired) electrons. The molecule has 3 heteroatoms. The van der Waals surface area contributed by atoms with Gasteiger partial charge in [-0.05, 0) is 124 Å². The predicted octanol–water partition coefficient (Wildman–Crippen LogP) is 13.1. The van der Waals surface area contributed by atoms with Gasteiger partial charge in [0.2, 0.25) is 0 Å². The van der Waals surface area contributed by atoms with E-state index >= 15 is 0 Å². The van der Waals surface area contributed by atoms with Gasteiger partial charge in [0.15, 0.2) is 0 Å². The summed E-state index contributed by atoms with van der Waals surface area (Å²) in [5, 5.41) is 0. The van der Waals surface area contributed by atoms with Crippen molar-refractivity contribution in [3.63, 3.8) is 0 Å². The molecular formula is C40H64N2Pd. The van der Waals surface area contributed by atoms with Gasteiger partial charge in [-0.1, -0.05) is 105 Å². The molecule has 43 heavy (non-hydrogen) atoms. The number of nitrogens with zero attached hydrogens (tertiary/aromatic N) is 2. The SMILES string of the molecule is CCCCCCC(=Nc1cc(CCCC)cc(CCCC)c1)C(CCCC)=Nc1cc(CCCC)cc(CCCC)c1.[Pd]. The number of hydrogen-bond donors (Lipinski definition) is 0. The van der Waals surface area contributed by atoms with Crippen molar-refractivity contribution in [1.82, 2.24) is 0 Å². The molecule has 0 aliphatic carbocycles. The summed E-state index contributed by atoms with van der Waals surface area (Å²) in [7, 11) is 0. The van der Waals surface area contributed by atoms with Gasteiger partial charge < -0.3 is 0 Å². The molecule has 0 N–H and O–H groups in total. The number of aryl methyl sites for hydroxylation is 4. The fourth-order valence-electron chi connectivity index (χ4n) is 5.62. The van der Waals surface area contributed by atoms with Gasteiger partial charge in [0.05, 0.1) is 22.8 Å². The van der Waals surface area contributed by atoms with Crippen LogP contribution in [0.3, 0.4) is 0 Å². The van der Waals surface area contributed by atoms with E-state index in [-0.39, 0.29) is 20.4 Å². The first-order chi connectivity index (χ1) is 20.6. The van der Waals surface area contributed by atoms with Gasteiger partial charge in [0.1, 0.15) is 0 Å².